The number of aromatic nitrogens is 1. The minimum Gasteiger partial charge on any atom is -0.493 e. The topological polar surface area (TPSA) is 43.4 Å². The van der Waals surface area contributed by atoms with Gasteiger partial charge >= 0.3 is 0 Å². The van der Waals surface area contributed by atoms with Crippen LogP contribution in [0.1, 0.15) is 16.7 Å². The number of anilines is 1. The predicted octanol–water partition coefficient (Wildman–Crippen LogP) is 8.23. The number of nitrogens with zero attached hydrogens (tertiary/aromatic N) is 1. The minimum atomic E-state index is 0.474. The van der Waals surface area contributed by atoms with Gasteiger partial charge in [0.2, 0.25) is 0 Å². The molecule has 0 aliphatic heterocycles. The number of hydrogen-bond acceptors (Lipinski definition) is 5. The van der Waals surface area contributed by atoms with E-state index in [2.05, 4.69) is 88.8 Å². The maximum Gasteiger partial charge on any atom is 0.166 e. The minimum absolute atomic E-state index is 0.474. The summed E-state index contributed by atoms with van der Waals surface area (Å²) in [5.41, 5.74) is 6.56. The molecule has 0 aliphatic rings. The second-order valence-corrected chi connectivity index (χ2v) is 10.2. The first-order valence-corrected chi connectivity index (χ1v) is 12.9. The molecule has 0 amide bonds. The Morgan fingerprint density at radius 1 is 0.943 bits per heavy atom. The van der Waals surface area contributed by atoms with Crippen LogP contribution in [0.4, 0.5) is 5.69 Å². The number of nitrogens with one attached hydrogen (secondary N) is 1. The van der Waals surface area contributed by atoms with Crippen LogP contribution in [0.3, 0.4) is 0 Å². The molecular weight excluding hydrogens is 520 g/mol. The predicted molar refractivity (Wildman–Crippen MR) is 149 cm³/mol. The van der Waals surface area contributed by atoms with Crippen LogP contribution in [0, 0.1) is 6.92 Å². The SMILES string of the molecule is COc1cc(Br)cc(CNc2ccc(-c3nc4ccc(C)cc4s3)cc2)c1OCc1ccccc1. The van der Waals surface area contributed by atoms with Gasteiger partial charge in [-0.05, 0) is 66.6 Å². The third kappa shape index (κ3) is 5.50. The summed E-state index contributed by atoms with van der Waals surface area (Å²) in [6.07, 6.45) is 0. The Labute approximate surface area is 217 Å². The lowest BCUT2D eigenvalue weighted by Crippen LogP contribution is -2.05. The highest BCUT2D eigenvalue weighted by molar-refractivity contribution is 9.10. The summed E-state index contributed by atoms with van der Waals surface area (Å²) in [4.78, 5) is 4.80. The van der Waals surface area contributed by atoms with E-state index in [0.717, 1.165) is 43.1 Å². The third-order valence-electron chi connectivity index (χ3n) is 5.70. The van der Waals surface area contributed by atoms with Crippen LogP contribution in [0.25, 0.3) is 20.8 Å². The van der Waals surface area contributed by atoms with Gasteiger partial charge in [-0.15, -0.1) is 11.3 Å². The van der Waals surface area contributed by atoms with E-state index in [1.54, 1.807) is 18.4 Å². The van der Waals surface area contributed by atoms with E-state index >= 15 is 0 Å². The van der Waals surface area contributed by atoms with Crippen LogP contribution in [0.5, 0.6) is 11.5 Å². The molecule has 6 heteroatoms. The first kappa shape index (κ1) is 23.4. The van der Waals surface area contributed by atoms with Gasteiger partial charge in [0, 0.05) is 27.8 Å². The molecule has 0 unspecified atom stereocenters. The molecule has 1 heterocycles. The molecule has 35 heavy (non-hydrogen) atoms. The molecule has 0 saturated heterocycles. The van der Waals surface area contributed by atoms with Gasteiger partial charge in [0.1, 0.15) is 11.6 Å². The number of methoxy groups -OCH3 is 1. The van der Waals surface area contributed by atoms with E-state index in [1.165, 1.54) is 10.3 Å². The van der Waals surface area contributed by atoms with Crippen LogP contribution in [0.15, 0.2) is 89.4 Å². The molecule has 0 fully saturated rings. The summed E-state index contributed by atoms with van der Waals surface area (Å²) in [6.45, 7) is 3.18. The molecule has 5 aromatic rings. The Morgan fingerprint density at radius 3 is 2.51 bits per heavy atom. The van der Waals surface area contributed by atoms with E-state index in [9.17, 15) is 0 Å². The van der Waals surface area contributed by atoms with Gasteiger partial charge in [-0.1, -0.05) is 52.3 Å². The van der Waals surface area contributed by atoms with Gasteiger partial charge in [-0.3, -0.25) is 0 Å². The molecule has 1 aromatic heterocycles. The number of thiazole rings is 1. The molecule has 4 nitrogen and oxygen atoms in total. The van der Waals surface area contributed by atoms with Gasteiger partial charge < -0.3 is 14.8 Å². The normalized spacial score (nSPS) is 10.9. The summed E-state index contributed by atoms with van der Waals surface area (Å²) in [5.74, 6) is 1.45. The molecule has 0 bridgehead atoms. The lowest BCUT2D eigenvalue weighted by Gasteiger charge is -2.17. The largest absolute Gasteiger partial charge is 0.493 e. The smallest absolute Gasteiger partial charge is 0.166 e. The molecule has 4 aromatic carbocycles. The second-order valence-electron chi connectivity index (χ2n) is 8.29. The zero-order valence-corrected chi connectivity index (χ0v) is 21.9. The fourth-order valence-corrected chi connectivity index (χ4v) is 5.44. The summed E-state index contributed by atoms with van der Waals surface area (Å²) >= 11 is 5.32. The lowest BCUT2D eigenvalue weighted by molar-refractivity contribution is 0.281. The van der Waals surface area contributed by atoms with E-state index in [-0.39, 0.29) is 0 Å². The zero-order valence-electron chi connectivity index (χ0n) is 19.5. The van der Waals surface area contributed by atoms with Crippen molar-refractivity contribution in [3.05, 3.63) is 106 Å². The van der Waals surface area contributed by atoms with Crippen molar-refractivity contribution in [1.29, 1.82) is 0 Å². The van der Waals surface area contributed by atoms with Crippen LogP contribution in [-0.4, -0.2) is 12.1 Å². The number of halogens is 1. The van der Waals surface area contributed by atoms with E-state index < -0.39 is 0 Å². The molecular formula is C29H25BrN2O2S. The van der Waals surface area contributed by atoms with Crippen molar-refractivity contribution >= 4 is 43.2 Å². The number of rotatable bonds is 8. The molecule has 0 spiro atoms. The first-order valence-electron chi connectivity index (χ1n) is 11.3. The monoisotopic (exact) mass is 544 g/mol. The summed E-state index contributed by atoms with van der Waals surface area (Å²) < 4.78 is 14.0. The zero-order chi connectivity index (χ0) is 24.2. The highest BCUT2D eigenvalue weighted by Gasteiger charge is 2.14. The van der Waals surface area contributed by atoms with Crippen molar-refractivity contribution in [3.8, 4) is 22.1 Å². The van der Waals surface area contributed by atoms with Gasteiger partial charge in [-0.25, -0.2) is 4.98 Å². The van der Waals surface area contributed by atoms with E-state index in [1.807, 2.05) is 24.3 Å². The standard InChI is InChI=1S/C29H25BrN2O2S/c1-19-8-13-25-27(14-19)35-29(32-25)21-9-11-24(12-10-21)31-17-22-15-23(30)16-26(33-2)28(22)34-18-20-6-4-3-5-7-20/h3-16,31H,17-18H2,1-2H3. The highest BCUT2D eigenvalue weighted by Crippen LogP contribution is 2.36. The third-order valence-corrected chi connectivity index (χ3v) is 7.23. The van der Waals surface area contributed by atoms with Crippen molar-refractivity contribution < 1.29 is 9.47 Å². The van der Waals surface area contributed by atoms with E-state index in [4.69, 9.17) is 14.5 Å². The molecule has 176 valence electrons. The summed E-state index contributed by atoms with van der Waals surface area (Å²) in [6, 6.07) is 28.9. The molecule has 5 rings (SSSR count). The molecule has 0 saturated carbocycles. The number of aryl methyl sites for hydroxylation is 1. The highest BCUT2D eigenvalue weighted by atomic mass is 79.9. The lowest BCUT2D eigenvalue weighted by atomic mass is 10.1. The van der Waals surface area contributed by atoms with Crippen LogP contribution < -0.4 is 14.8 Å². The maximum absolute atomic E-state index is 6.21. The Morgan fingerprint density at radius 2 is 1.74 bits per heavy atom. The van der Waals surface area contributed by atoms with Crippen molar-refractivity contribution in [1.82, 2.24) is 4.98 Å². The van der Waals surface area contributed by atoms with Crippen LogP contribution in [0.2, 0.25) is 0 Å². The van der Waals surface area contributed by atoms with Crippen molar-refractivity contribution in [2.75, 3.05) is 12.4 Å². The Bertz CT molecular complexity index is 1450. The van der Waals surface area contributed by atoms with Gasteiger partial charge in [0.05, 0.1) is 17.3 Å². The average molecular weight is 546 g/mol. The number of ether oxygens (including phenoxy) is 2. The quantitative estimate of drug-likeness (QED) is 0.213. The van der Waals surface area contributed by atoms with Crippen molar-refractivity contribution in [3.63, 3.8) is 0 Å². The Hall–Kier alpha value is -3.35. The molecule has 0 aliphatic carbocycles. The van der Waals surface area contributed by atoms with E-state index in [0.29, 0.717) is 18.9 Å². The summed E-state index contributed by atoms with van der Waals surface area (Å²) in [5, 5.41) is 4.55. The maximum atomic E-state index is 6.21. The first-order chi connectivity index (χ1) is 17.1. The Kier molecular flexibility index (Phi) is 7.02. The molecule has 1 N–H and O–H groups in total. The number of hydrogen-bond donors (Lipinski definition) is 1. The number of benzene rings is 4. The fourth-order valence-electron chi connectivity index (χ4n) is 3.88. The molecule has 0 radical (unpaired) electrons. The summed E-state index contributed by atoms with van der Waals surface area (Å²) in [7, 11) is 1.66. The van der Waals surface area contributed by atoms with Crippen LogP contribution in [-0.2, 0) is 13.2 Å². The van der Waals surface area contributed by atoms with Crippen molar-refractivity contribution in [2.45, 2.75) is 20.1 Å². The second kappa shape index (κ2) is 10.5. The molecule has 0 atom stereocenters. The van der Waals surface area contributed by atoms with Gasteiger partial charge in [0.15, 0.2) is 11.5 Å². The fraction of sp³-hybridized carbons (Fsp3) is 0.138. The van der Waals surface area contributed by atoms with Crippen LogP contribution >= 0.6 is 27.3 Å². The van der Waals surface area contributed by atoms with Gasteiger partial charge in [0.25, 0.3) is 0 Å². The average Bonchev–Trinajstić information content (AvgIpc) is 3.30. The van der Waals surface area contributed by atoms with Gasteiger partial charge in [-0.2, -0.15) is 0 Å². The Balaban J connectivity index is 1.32. The number of fused-ring (bicyclic) bond motifs is 1. The van der Waals surface area contributed by atoms with Crippen molar-refractivity contribution in [2.24, 2.45) is 0 Å².